The Hall–Kier alpha value is -1.81. The highest BCUT2D eigenvalue weighted by Crippen LogP contribution is 2.24. The van der Waals surface area contributed by atoms with E-state index in [1.165, 1.54) is 16.9 Å². The van der Waals surface area contributed by atoms with Gasteiger partial charge in [-0.25, -0.2) is 4.79 Å². The third kappa shape index (κ3) is 3.39. The normalized spacial score (nSPS) is 10.8. The van der Waals surface area contributed by atoms with Crippen LogP contribution in [-0.2, 0) is 6.61 Å². The summed E-state index contributed by atoms with van der Waals surface area (Å²) in [5.41, 5.74) is 2.21. The van der Waals surface area contributed by atoms with Gasteiger partial charge >= 0.3 is 5.97 Å². The second-order valence-corrected chi connectivity index (χ2v) is 6.27. The summed E-state index contributed by atoms with van der Waals surface area (Å²) in [6, 6.07) is 9.71. The Morgan fingerprint density at radius 2 is 1.95 bits per heavy atom. The Labute approximate surface area is 122 Å². The number of hydrogen-bond acceptors (Lipinski definition) is 3. The average molecular weight is 290 g/mol. The van der Waals surface area contributed by atoms with Gasteiger partial charge in [0.15, 0.2) is 0 Å². The summed E-state index contributed by atoms with van der Waals surface area (Å²) < 4.78 is 5.71. The van der Waals surface area contributed by atoms with E-state index in [1.807, 2.05) is 19.1 Å². The minimum absolute atomic E-state index is 0.358. The standard InChI is InChI=1S/C16H18O3S/c1-10(2)12-4-6-14(7-5-12)19-9-13-8-15(16(17)18)20-11(13)3/h4-8,10H,9H2,1-3H3,(H,17,18). The number of aryl methyl sites for hydroxylation is 1. The van der Waals surface area contributed by atoms with Gasteiger partial charge in [0.2, 0.25) is 0 Å². The van der Waals surface area contributed by atoms with Crippen molar-refractivity contribution < 1.29 is 14.6 Å². The zero-order chi connectivity index (χ0) is 14.7. The molecule has 0 saturated heterocycles. The van der Waals surface area contributed by atoms with Crippen molar-refractivity contribution in [2.75, 3.05) is 0 Å². The lowest BCUT2D eigenvalue weighted by atomic mass is 10.0. The smallest absolute Gasteiger partial charge is 0.345 e. The molecular formula is C16H18O3S. The summed E-state index contributed by atoms with van der Waals surface area (Å²) in [4.78, 5) is 12.3. The molecule has 0 fully saturated rings. The Balaban J connectivity index is 2.03. The van der Waals surface area contributed by atoms with Crippen LogP contribution < -0.4 is 4.74 Å². The first-order valence-corrected chi connectivity index (χ1v) is 7.34. The molecular weight excluding hydrogens is 272 g/mol. The molecule has 2 rings (SSSR count). The van der Waals surface area contributed by atoms with E-state index < -0.39 is 5.97 Å². The van der Waals surface area contributed by atoms with E-state index in [0.29, 0.717) is 17.4 Å². The van der Waals surface area contributed by atoms with Crippen LogP contribution in [0.5, 0.6) is 5.75 Å². The van der Waals surface area contributed by atoms with Crippen molar-refractivity contribution in [3.63, 3.8) is 0 Å². The first-order valence-electron chi connectivity index (χ1n) is 6.52. The molecule has 0 radical (unpaired) electrons. The molecule has 0 amide bonds. The van der Waals surface area contributed by atoms with Gasteiger partial charge in [-0.1, -0.05) is 26.0 Å². The number of benzene rings is 1. The van der Waals surface area contributed by atoms with Crippen molar-refractivity contribution in [3.05, 3.63) is 51.2 Å². The fourth-order valence-corrected chi connectivity index (χ4v) is 2.75. The van der Waals surface area contributed by atoms with Crippen LogP contribution in [0.3, 0.4) is 0 Å². The molecule has 20 heavy (non-hydrogen) atoms. The minimum Gasteiger partial charge on any atom is -0.489 e. The van der Waals surface area contributed by atoms with Gasteiger partial charge < -0.3 is 9.84 Å². The van der Waals surface area contributed by atoms with E-state index in [4.69, 9.17) is 9.84 Å². The maximum absolute atomic E-state index is 10.9. The number of rotatable bonds is 5. The van der Waals surface area contributed by atoms with Gasteiger partial charge in [-0.15, -0.1) is 11.3 Å². The number of hydrogen-bond donors (Lipinski definition) is 1. The molecule has 0 aliphatic rings. The largest absolute Gasteiger partial charge is 0.489 e. The van der Waals surface area contributed by atoms with Crippen LogP contribution in [0.15, 0.2) is 30.3 Å². The van der Waals surface area contributed by atoms with E-state index in [-0.39, 0.29) is 0 Å². The number of carbonyl (C=O) groups is 1. The fraction of sp³-hybridized carbons (Fsp3) is 0.312. The highest BCUT2D eigenvalue weighted by Gasteiger charge is 2.11. The Morgan fingerprint density at radius 3 is 2.45 bits per heavy atom. The van der Waals surface area contributed by atoms with Crippen LogP contribution in [0, 0.1) is 6.92 Å². The van der Waals surface area contributed by atoms with Crippen molar-refractivity contribution in [1.82, 2.24) is 0 Å². The van der Waals surface area contributed by atoms with E-state index in [2.05, 4.69) is 26.0 Å². The number of ether oxygens (including phenoxy) is 1. The van der Waals surface area contributed by atoms with Crippen molar-refractivity contribution in [1.29, 1.82) is 0 Å². The summed E-state index contributed by atoms with van der Waals surface area (Å²) in [6.45, 7) is 6.62. The van der Waals surface area contributed by atoms with Crippen molar-refractivity contribution >= 4 is 17.3 Å². The second kappa shape index (κ2) is 6.09. The summed E-state index contributed by atoms with van der Waals surface area (Å²) in [7, 11) is 0. The predicted molar refractivity (Wildman–Crippen MR) is 80.9 cm³/mol. The lowest BCUT2D eigenvalue weighted by molar-refractivity contribution is 0.0702. The summed E-state index contributed by atoms with van der Waals surface area (Å²) in [5, 5.41) is 8.96. The molecule has 0 aliphatic carbocycles. The molecule has 0 unspecified atom stereocenters. The van der Waals surface area contributed by atoms with Crippen LogP contribution in [-0.4, -0.2) is 11.1 Å². The zero-order valence-electron chi connectivity index (χ0n) is 11.8. The monoisotopic (exact) mass is 290 g/mol. The molecule has 2 aromatic rings. The third-order valence-electron chi connectivity index (χ3n) is 3.17. The van der Waals surface area contributed by atoms with Gasteiger partial charge in [-0.05, 0) is 36.6 Å². The highest BCUT2D eigenvalue weighted by atomic mass is 32.1. The SMILES string of the molecule is Cc1sc(C(=O)O)cc1COc1ccc(C(C)C)cc1. The Morgan fingerprint density at radius 1 is 1.30 bits per heavy atom. The van der Waals surface area contributed by atoms with Gasteiger partial charge in [0.05, 0.1) is 0 Å². The first-order chi connectivity index (χ1) is 9.47. The van der Waals surface area contributed by atoms with Crippen molar-refractivity contribution in [2.24, 2.45) is 0 Å². The maximum atomic E-state index is 10.9. The van der Waals surface area contributed by atoms with Crippen LogP contribution >= 0.6 is 11.3 Å². The number of aromatic carboxylic acids is 1. The number of thiophene rings is 1. The molecule has 1 N–H and O–H groups in total. The molecule has 0 atom stereocenters. The molecule has 1 heterocycles. The molecule has 0 aliphatic heterocycles. The zero-order valence-corrected chi connectivity index (χ0v) is 12.7. The molecule has 0 bridgehead atoms. The predicted octanol–water partition coefficient (Wildman–Crippen LogP) is 4.46. The van der Waals surface area contributed by atoms with Crippen LogP contribution in [0.25, 0.3) is 0 Å². The van der Waals surface area contributed by atoms with E-state index >= 15 is 0 Å². The molecule has 3 nitrogen and oxygen atoms in total. The second-order valence-electron chi connectivity index (χ2n) is 5.01. The van der Waals surface area contributed by atoms with E-state index in [0.717, 1.165) is 16.2 Å². The van der Waals surface area contributed by atoms with Crippen LogP contribution in [0.4, 0.5) is 0 Å². The Kier molecular flexibility index (Phi) is 4.45. The summed E-state index contributed by atoms with van der Waals surface area (Å²) in [6.07, 6.45) is 0. The van der Waals surface area contributed by atoms with Crippen molar-refractivity contribution in [3.8, 4) is 5.75 Å². The number of carboxylic acids is 1. The molecule has 106 valence electrons. The lowest BCUT2D eigenvalue weighted by Gasteiger charge is -2.08. The maximum Gasteiger partial charge on any atom is 0.345 e. The molecule has 1 aromatic heterocycles. The summed E-state index contributed by atoms with van der Waals surface area (Å²) >= 11 is 1.28. The summed E-state index contributed by atoms with van der Waals surface area (Å²) in [5.74, 6) is 0.420. The topological polar surface area (TPSA) is 46.5 Å². The first kappa shape index (κ1) is 14.6. The molecule has 4 heteroatoms. The average Bonchev–Trinajstić information content (AvgIpc) is 2.78. The molecule has 1 aromatic carbocycles. The lowest BCUT2D eigenvalue weighted by Crippen LogP contribution is -1.96. The van der Waals surface area contributed by atoms with Gasteiger partial charge in [-0.3, -0.25) is 0 Å². The number of carboxylic acid groups (broad SMARTS) is 1. The van der Waals surface area contributed by atoms with Crippen LogP contribution in [0.1, 0.15) is 45.4 Å². The quantitative estimate of drug-likeness (QED) is 0.884. The van der Waals surface area contributed by atoms with Crippen LogP contribution in [0.2, 0.25) is 0 Å². The van der Waals surface area contributed by atoms with Gasteiger partial charge in [0.25, 0.3) is 0 Å². The van der Waals surface area contributed by atoms with Gasteiger partial charge in [0, 0.05) is 10.4 Å². The minimum atomic E-state index is -0.884. The fourth-order valence-electron chi connectivity index (χ4n) is 1.88. The Bertz CT molecular complexity index is 597. The van der Waals surface area contributed by atoms with E-state index in [1.54, 1.807) is 6.07 Å². The van der Waals surface area contributed by atoms with Gasteiger partial charge in [0.1, 0.15) is 17.2 Å². The molecule has 0 saturated carbocycles. The third-order valence-corrected chi connectivity index (χ3v) is 4.25. The molecule has 0 spiro atoms. The van der Waals surface area contributed by atoms with Crippen molar-refractivity contribution in [2.45, 2.75) is 33.3 Å². The van der Waals surface area contributed by atoms with E-state index in [9.17, 15) is 4.79 Å². The van der Waals surface area contributed by atoms with Gasteiger partial charge in [-0.2, -0.15) is 0 Å². The highest BCUT2D eigenvalue weighted by molar-refractivity contribution is 7.14.